The molecule has 0 aromatic heterocycles. The molecule has 0 aromatic carbocycles. The quantitative estimate of drug-likeness (QED) is 0.410. The molecule has 0 spiro atoms. The second-order valence-electron chi connectivity index (χ2n) is 3.50. The fraction of sp³-hybridized carbons (Fsp3) is 0.750. The number of hydrogen-bond donors (Lipinski definition) is 1. The molecule has 0 aliphatic carbocycles. The van der Waals surface area contributed by atoms with Crippen molar-refractivity contribution in [2.75, 3.05) is 0 Å². The lowest BCUT2D eigenvalue weighted by Gasteiger charge is -2.25. The molecule has 1 N–H and O–H groups in total. The predicted molar refractivity (Wildman–Crippen MR) is 41.5 cm³/mol. The van der Waals surface area contributed by atoms with Gasteiger partial charge in [-0.15, -0.1) is 0 Å². The van der Waals surface area contributed by atoms with Gasteiger partial charge in [0.15, 0.2) is 6.10 Å². The topological polar surface area (TPSA) is 70.9 Å². The maximum Gasteiger partial charge on any atom is 0.312 e. The van der Waals surface area contributed by atoms with E-state index >= 15 is 0 Å². The highest BCUT2D eigenvalue weighted by Gasteiger charge is 2.41. The summed E-state index contributed by atoms with van der Waals surface area (Å²) in [5.41, 5.74) is 0. The summed E-state index contributed by atoms with van der Waals surface area (Å²) in [7, 11) is 0. The Morgan fingerprint density at radius 3 is 2.54 bits per heavy atom. The van der Waals surface area contributed by atoms with Crippen molar-refractivity contribution in [2.24, 2.45) is 0 Å². The van der Waals surface area contributed by atoms with Gasteiger partial charge in [0.25, 0.3) is 0 Å². The third-order valence-electron chi connectivity index (χ3n) is 2.66. The molecule has 2 saturated heterocycles. The van der Waals surface area contributed by atoms with Crippen molar-refractivity contribution in [3.8, 4) is 0 Å². The van der Waals surface area contributed by atoms with E-state index in [2.05, 4.69) is 0 Å². The van der Waals surface area contributed by atoms with Crippen LogP contribution in [0.2, 0.25) is 0 Å². The van der Waals surface area contributed by atoms with Crippen molar-refractivity contribution in [1.29, 1.82) is 0 Å². The van der Waals surface area contributed by atoms with E-state index < -0.39 is 0 Å². The molecule has 5 nitrogen and oxygen atoms in total. The zero-order chi connectivity index (χ0) is 9.42. The Morgan fingerprint density at radius 2 is 2.08 bits per heavy atom. The summed E-state index contributed by atoms with van der Waals surface area (Å²) < 4.78 is 4.95. The van der Waals surface area contributed by atoms with Gasteiger partial charge in [-0.05, 0) is 0 Å². The fourth-order valence-electron chi connectivity index (χ4n) is 1.93. The Balaban J connectivity index is 2.02. The van der Waals surface area contributed by atoms with Gasteiger partial charge in [-0.2, -0.15) is 0 Å². The Labute approximate surface area is 75.2 Å². The summed E-state index contributed by atoms with van der Waals surface area (Å²) in [5, 5.41) is 10.9. The van der Waals surface area contributed by atoms with E-state index in [1.807, 2.05) is 0 Å². The van der Waals surface area contributed by atoms with E-state index in [4.69, 9.17) is 4.74 Å². The van der Waals surface area contributed by atoms with Gasteiger partial charge in [-0.25, -0.2) is 4.79 Å². The molecule has 2 aliphatic heterocycles. The van der Waals surface area contributed by atoms with Crippen molar-refractivity contribution < 1.29 is 19.4 Å². The van der Waals surface area contributed by atoms with Crippen LogP contribution in [0.25, 0.3) is 0 Å². The van der Waals surface area contributed by atoms with Crippen molar-refractivity contribution in [3.63, 3.8) is 0 Å². The van der Waals surface area contributed by atoms with Crippen LogP contribution in [0.3, 0.4) is 0 Å². The fourth-order valence-corrected chi connectivity index (χ4v) is 1.93. The van der Waals surface area contributed by atoms with Crippen molar-refractivity contribution in [2.45, 2.75) is 37.8 Å². The molecule has 0 bridgehead atoms. The van der Waals surface area contributed by atoms with Crippen molar-refractivity contribution in [1.82, 2.24) is 0 Å². The zero-order valence-corrected chi connectivity index (χ0v) is 7.12. The molecular formula is C8H11NO4. The van der Waals surface area contributed by atoms with Crippen molar-refractivity contribution >= 4 is 11.9 Å². The molecule has 72 valence electrons. The van der Waals surface area contributed by atoms with Gasteiger partial charge in [0.1, 0.15) is 6.04 Å². The van der Waals surface area contributed by atoms with E-state index in [-0.39, 0.29) is 29.1 Å². The molecule has 2 heterocycles. The largest absolute Gasteiger partial charge is 0.626 e. The number of rotatable bonds is 1. The number of hydroxylamine groups is 2. The Hall–Kier alpha value is -0.940. The maximum atomic E-state index is 11.3. The summed E-state index contributed by atoms with van der Waals surface area (Å²) in [6, 6.07) is -0.348. The number of cyclic esters (lactones) is 1. The standard InChI is InChI=1S/C8H11NO4/c10-7-3-1-5(9(7)12)6-2-4-8(11)13-6/h5-6,9H,1-4H2. The van der Waals surface area contributed by atoms with Gasteiger partial charge in [0, 0.05) is 19.3 Å². The second-order valence-corrected chi connectivity index (χ2v) is 3.50. The first-order chi connectivity index (χ1) is 6.18. The first-order valence-electron chi connectivity index (χ1n) is 4.45. The molecule has 0 aromatic rings. The summed E-state index contributed by atoms with van der Waals surface area (Å²) in [4.78, 5) is 21.7. The normalized spacial score (nSPS) is 39.6. The number of nitrogens with one attached hydrogen (secondary N) is 1. The number of esters is 1. The highest BCUT2D eigenvalue weighted by Crippen LogP contribution is 2.20. The third kappa shape index (κ3) is 1.45. The van der Waals surface area contributed by atoms with Crippen LogP contribution < -0.4 is 5.06 Å². The monoisotopic (exact) mass is 185 g/mol. The summed E-state index contributed by atoms with van der Waals surface area (Å²) in [6.07, 6.45) is 1.50. The van der Waals surface area contributed by atoms with Gasteiger partial charge in [0.05, 0.1) is 6.42 Å². The van der Waals surface area contributed by atoms with Crippen LogP contribution in [0.15, 0.2) is 0 Å². The van der Waals surface area contributed by atoms with E-state index in [0.29, 0.717) is 25.7 Å². The third-order valence-corrected chi connectivity index (χ3v) is 2.66. The number of ether oxygens (including phenoxy) is 1. The van der Waals surface area contributed by atoms with Gasteiger partial charge < -0.3 is 15.0 Å². The summed E-state index contributed by atoms with van der Waals surface area (Å²) in [5.74, 6) is -0.565. The maximum absolute atomic E-state index is 11.3. The highest BCUT2D eigenvalue weighted by molar-refractivity contribution is 5.72. The Morgan fingerprint density at radius 1 is 1.31 bits per heavy atom. The lowest BCUT2D eigenvalue weighted by molar-refractivity contribution is -0.789. The van der Waals surface area contributed by atoms with Crippen molar-refractivity contribution in [3.05, 3.63) is 5.21 Å². The molecule has 2 fully saturated rings. The van der Waals surface area contributed by atoms with Crippen LogP contribution >= 0.6 is 0 Å². The minimum atomic E-state index is -0.348. The lowest BCUT2D eigenvalue weighted by atomic mass is 10.1. The van der Waals surface area contributed by atoms with Gasteiger partial charge in [-0.1, -0.05) is 0 Å². The highest BCUT2D eigenvalue weighted by atomic mass is 16.6. The van der Waals surface area contributed by atoms with E-state index in [1.165, 1.54) is 0 Å². The molecular weight excluding hydrogens is 174 g/mol. The summed E-state index contributed by atoms with van der Waals surface area (Å²) in [6.45, 7) is 0. The number of carbonyl (C=O) groups excluding carboxylic acids is 2. The van der Waals surface area contributed by atoms with E-state index in [0.717, 1.165) is 0 Å². The van der Waals surface area contributed by atoms with Gasteiger partial charge in [-0.3, -0.25) is 4.79 Å². The number of amides is 1. The van der Waals surface area contributed by atoms with E-state index in [1.54, 1.807) is 0 Å². The molecule has 1 amide bonds. The average Bonchev–Trinajstić information content (AvgIpc) is 2.62. The summed E-state index contributed by atoms with van der Waals surface area (Å²) >= 11 is 0. The molecule has 0 saturated carbocycles. The lowest BCUT2D eigenvalue weighted by Crippen LogP contribution is -3.12. The van der Waals surface area contributed by atoms with Crippen LogP contribution in [0.5, 0.6) is 0 Å². The minimum absolute atomic E-state index is 0.253. The smallest absolute Gasteiger partial charge is 0.312 e. The van der Waals surface area contributed by atoms with Crippen LogP contribution in [-0.2, 0) is 14.3 Å². The average molecular weight is 185 g/mol. The minimum Gasteiger partial charge on any atom is -0.626 e. The van der Waals surface area contributed by atoms with Gasteiger partial charge in [0.2, 0.25) is 0 Å². The molecule has 13 heavy (non-hydrogen) atoms. The molecule has 2 aliphatic rings. The Kier molecular flexibility index (Phi) is 2.05. The van der Waals surface area contributed by atoms with E-state index in [9.17, 15) is 14.8 Å². The number of hydrogen-bond acceptors (Lipinski definition) is 4. The first kappa shape index (κ1) is 8.65. The zero-order valence-electron chi connectivity index (χ0n) is 7.12. The molecule has 3 unspecified atom stereocenters. The molecule has 0 radical (unpaired) electrons. The Bertz CT molecular complexity index is 253. The molecule has 3 atom stereocenters. The van der Waals surface area contributed by atoms with Crippen LogP contribution in [0.1, 0.15) is 25.7 Å². The molecule has 5 heteroatoms. The van der Waals surface area contributed by atoms with Crippen LogP contribution in [0, 0.1) is 5.21 Å². The SMILES string of the molecule is O=C1CCC(C2CCC(=O)[NH+]2[O-])O1. The van der Waals surface area contributed by atoms with Crippen LogP contribution in [0.4, 0.5) is 0 Å². The molecule has 2 rings (SSSR count). The predicted octanol–water partition coefficient (Wildman–Crippen LogP) is -1.24. The number of quaternary nitrogens is 1. The van der Waals surface area contributed by atoms with Crippen LogP contribution in [-0.4, -0.2) is 24.0 Å². The first-order valence-corrected chi connectivity index (χ1v) is 4.45. The van der Waals surface area contributed by atoms with Gasteiger partial charge >= 0.3 is 11.9 Å². The number of carbonyl (C=O) groups is 2. The second kappa shape index (κ2) is 3.08.